The van der Waals surface area contributed by atoms with Gasteiger partial charge in [-0.05, 0) is 67.7 Å². The fourth-order valence-corrected chi connectivity index (χ4v) is 5.06. The Kier molecular flexibility index (Phi) is 7.34. The zero-order chi connectivity index (χ0) is 26.6. The summed E-state index contributed by atoms with van der Waals surface area (Å²) < 4.78 is 13.2. The summed E-state index contributed by atoms with van der Waals surface area (Å²) in [7, 11) is 2.13. The van der Waals surface area contributed by atoms with Crippen LogP contribution in [0.2, 0.25) is 0 Å². The number of benzene rings is 3. The van der Waals surface area contributed by atoms with Crippen molar-refractivity contribution >= 4 is 46.0 Å². The van der Waals surface area contributed by atoms with Crippen molar-refractivity contribution in [3.8, 4) is 10.6 Å². The molecular weight excluding hydrogens is 503 g/mol. The van der Waals surface area contributed by atoms with Crippen molar-refractivity contribution in [3.05, 3.63) is 89.1 Å². The van der Waals surface area contributed by atoms with Crippen molar-refractivity contribution in [1.82, 2.24) is 9.88 Å². The highest BCUT2D eigenvalue weighted by atomic mass is 32.1. The van der Waals surface area contributed by atoms with Gasteiger partial charge in [0.25, 0.3) is 11.8 Å². The van der Waals surface area contributed by atoms with Crippen LogP contribution in [0.5, 0.6) is 0 Å². The molecule has 1 fully saturated rings. The lowest BCUT2D eigenvalue weighted by atomic mass is 10.1. The minimum Gasteiger partial charge on any atom is -0.369 e. The van der Waals surface area contributed by atoms with Gasteiger partial charge >= 0.3 is 0 Å². The van der Waals surface area contributed by atoms with Gasteiger partial charge in [0.1, 0.15) is 15.7 Å². The van der Waals surface area contributed by atoms with Crippen molar-refractivity contribution < 1.29 is 14.0 Å². The molecule has 1 saturated heterocycles. The van der Waals surface area contributed by atoms with Crippen LogP contribution in [-0.4, -0.2) is 54.9 Å². The summed E-state index contributed by atoms with van der Waals surface area (Å²) in [6, 6.07) is 20.5. The molecule has 8 nitrogen and oxygen atoms in total. The summed E-state index contributed by atoms with van der Waals surface area (Å²) in [5, 5.41) is 6.61. The van der Waals surface area contributed by atoms with Crippen molar-refractivity contribution in [2.45, 2.75) is 0 Å². The Hall–Kier alpha value is -4.28. The van der Waals surface area contributed by atoms with Gasteiger partial charge < -0.3 is 26.2 Å². The monoisotopic (exact) mass is 530 g/mol. The van der Waals surface area contributed by atoms with Crippen molar-refractivity contribution in [1.29, 1.82) is 0 Å². The van der Waals surface area contributed by atoms with Gasteiger partial charge in [-0.15, -0.1) is 11.3 Å². The second kappa shape index (κ2) is 11.0. The molecule has 194 valence electrons. The predicted octanol–water partition coefficient (Wildman–Crippen LogP) is 4.80. The van der Waals surface area contributed by atoms with E-state index in [0.29, 0.717) is 32.5 Å². The molecule has 0 aliphatic carbocycles. The quantitative estimate of drug-likeness (QED) is 0.317. The smallest absolute Gasteiger partial charge is 0.262 e. The lowest BCUT2D eigenvalue weighted by Gasteiger charge is -2.34. The number of likely N-dealkylation sites (N-methyl/N-ethyl adjacent to an activating group) is 1. The number of nitrogens with two attached hydrogens (primary N) is 1. The minimum atomic E-state index is -0.578. The molecule has 5 rings (SSSR count). The predicted molar refractivity (Wildman–Crippen MR) is 150 cm³/mol. The molecule has 2 amide bonds. The normalized spacial score (nSPS) is 13.8. The lowest BCUT2D eigenvalue weighted by molar-refractivity contribution is 0.100. The van der Waals surface area contributed by atoms with Crippen LogP contribution in [0.4, 0.5) is 27.3 Å². The van der Waals surface area contributed by atoms with Gasteiger partial charge in [-0.1, -0.05) is 12.1 Å². The molecule has 4 aromatic rings. The van der Waals surface area contributed by atoms with Gasteiger partial charge in [0.05, 0.1) is 0 Å². The first-order chi connectivity index (χ1) is 18.4. The summed E-state index contributed by atoms with van der Waals surface area (Å²) >= 11 is 1.18. The van der Waals surface area contributed by atoms with E-state index in [-0.39, 0.29) is 5.91 Å². The molecule has 10 heteroatoms. The van der Waals surface area contributed by atoms with Gasteiger partial charge in [0, 0.05) is 54.4 Å². The van der Waals surface area contributed by atoms with E-state index in [4.69, 9.17) is 5.73 Å². The number of primary amides is 1. The first-order valence-electron chi connectivity index (χ1n) is 12.1. The Bertz CT molecular complexity index is 1450. The van der Waals surface area contributed by atoms with Gasteiger partial charge in [-0.25, -0.2) is 9.37 Å². The van der Waals surface area contributed by atoms with E-state index in [0.717, 1.165) is 37.6 Å². The number of nitrogens with zero attached hydrogens (tertiary/aromatic N) is 3. The SMILES string of the molecule is CN1CCN(c2ccc(Nc3nc(-c4cccc(NC(=O)c5ccc(F)cc5)c4)sc3C(N)=O)cc2)CC1. The fraction of sp³-hybridized carbons (Fsp3) is 0.179. The third-order valence-corrected chi connectivity index (χ3v) is 7.44. The van der Waals surface area contributed by atoms with Crippen molar-refractivity contribution in [2.24, 2.45) is 5.73 Å². The molecule has 1 aromatic heterocycles. The zero-order valence-corrected chi connectivity index (χ0v) is 21.6. The number of thiazole rings is 1. The average molecular weight is 531 g/mol. The molecule has 2 heterocycles. The number of carbonyl (C=O) groups excluding carboxylic acids is 2. The Morgan fingerprint density at radius 2 is 1.66 bits per heavy atom. The van der Waals surface area contributed by atoms with Crippen LogP contribution in [0.3, 0.4) is 0 Å². The van der Waals surface area contributed by atoms with Crippen LogP contribution in [-0.2, 0) is 0 Å². The molecule has 3 aromatic carbocycles. The highest BCUT2D eigenvalue weighted by Gasteiger charge is 2.19. The van der Waals surface area contributed by atoms with E-state index in [1.165, 1.54) is 35.6 Å². The van der Waals surface area contributed by atoms with Gasteiger partial charge in [0.2, 0.25) is 0 Å². The fourth-order valence-electron chi connectivity index (χ4n) is 4.19. The first kappa shape index (κ1) is 25.4. The summed E-state index contributed by atoms with van der Waals surface area (Å²) in [5.41, 5.74) is 9.20. The molecule has 38 heavy (non-hydrogen) atoms. The Morgan fingerprint density at radius 3 is 2.34 bits per heavy atom. The number of rotatable bonds is 7. The average Bonchev–Trinajstić information content (AvgIpc) is 3.34. The number of anilines is 4. The second-order valence-corrected chi connectivity index (χ2v) is 10.1. The molecule has 1 aliphatic rings. The molecule has 0 unspecified atom stereocenters. The maximum absolute atomic E-state index is 13.2. The van der Waals surface area contributed by atoms with E-state index in [1.807, 2.05) is 18.2 Å². The third kappa shape index (κ3) is 5.82. The Labute approximate surface area is 223 Å². The number of nitrogens with one attached hydrogen (secondary N) is 2. The number of aromatic nitrogens is 1. The lowest BCUT2D eigenvalue weighted by Crippen LogP contribution is -2.44. The first-order valence-corrected chi connectivity index (χ1v) is 13.0. The minimum absolute atomic E-state index is 0.309. The summed E-state index contributed by atoms with van der Waals surface area (Å²) in [5.74, 6) is -0.967. The summed E-state index contributed by atoms with van der Waals surface area (Å²) in [6.07, 6.45) is 0. The molecule has 0 atom stereocenters. The van der Waals surface area contributed by atoms with Crippen LogP contribution >= 0.6 is 11.3 Å². The molecule has 0 saturated carbocycles. The van der Waals surface area contributed by atoms with E-state index >= 15 is 0 Å². The summed E-state index contributed by atoms with van der Waals surface area (Å²) in [6.45, 7) is 4.02. The van der Waals surface area contributed by atoms with Gasteiger partial charge in [0.15, 0.2) is 5.82 Å². The van der Waals surface area contributed by atoms with Crippen LogP contribution in [0.15, 0.2) is 72.8 Å². The van der Waals surface area contributed by atoms with Crippen LogP contribution in [0, 0.1) is 5.82 Å². The summed E-state index contributed by atoms with van der Waals surface area (Å²) in [4.78, 5) is 34.3. The molecule has 0 radical (unpaired) electrons. The van der Waals surface area contributed by atoms with Crippen molar-refractivity contribution in [3.63, 3.8) is 0 Å². The topological polar surface area (TPSA) is 104 Å². The van der Waals surface area contributed by atoms with E-state index in [1.54, 1.807) is 18.2 Å². The highest BCUT2D eigenvalue weighted by molar-refractivity contribution is 7.17. The van der Waals surface area contributed by atoms with Crippen molar-refractivity contribution in [2.75, 3.05) is 48.8 Å². The van der Waals surface area contributed by atoms with E-state index < -0.39 is 11.7 Å². The van der Waals surface area contributed by atoms with Crippen LogP contribution in [0.1, 0.15) is 20.0 Å². The third-order valence-electron chi connectivity index (χ3n) is 6.32. The largest absolute Gasteiger partial charge is 0.369 e. The highest BCUT2D eigenvalue weighted by Crippen LogP contribution is 2.34. The number of hydrogen-bond acceptors (Lipinski definition) is 7. The van der Waals surface area contributed by atoms with Gasteiger partial charge in [-0.3, -0.25) is 9.59 Å². The van der Waals surface area contributed by atoms with E-state index in [2.05, 4.69) is 44.6 Å². The maximum Gasteiger partial charge on any atom is 0.262 e. The Balaban J connectivity index is 1.33. The second-order valence-electron chi connectivity index (χ2n) is 9.07. The van der Waals surface area contributed by atoms with Crippen LogP contribution < -0.4 is 21.3 Å². The number of halogens is 1. The zero-order valence-electron chi connectivity index (χ0n) is 20.8. The Morgan fingerprint density at radius 1 is 0.947 bits per heavy atom. The standard InChI is InChI=1S/C28H27FN6O2S/c1-34-13-15-35(16-14-34)23-11-9-21(10-12-23)31-26-24(25(30)36)38-28(33-26)19-3-2-4-22(17-19)32-27(37)18-5-7-20(29)8-6-18/h2-12,17,31H,13-16H2,1H3,(H2,30,36)(H,32,37). The molecule has 1 aliphatic heterocycles. The maximum atomic E-state index is 13.2. The molecular formula is C28H27FN6O2S. The molecule has 0 bridgehead atoms. The number of hydrogen-bond donors (Lipinski definition) is 3. The number of carbonyl (C=O) groups is 2. The van der Waals surface area contributed by atoms with E-state index in [9.17, 15) is 14.0 Å². The number of amides is 2. The molecule has 0 spiro atoms. The number of piperazine rings is 1. The van der Waals surface area contributed by atoms with Gasteiger partial charge in [-0.2, -0.15) is 0 Å². The molecule has 4 N–H and O–H groups in total. The van der Waals surface area contributed by atoms with Crippen LogP contribution in [0.25, 0.3) is 10.6 Å².